The molecule has 39 heavy (non-hydrogen) atoms. The van der Waals surface area contributed by atoms with Crippen LogP contribution in [0, 0.1) is 0 Å². The van der Waals surface area contributed by atoms with Crippen LogP contribution in [-0.2, 0) is 0 Å². The topological polar surface area (TPSA) is 60.5 Å². The number of pyridine rings is 1. The average molecular weight is 570 g/mol. The van der Waals surface area contributed by atoms with Gasteiger partial charge in [0.2, 0.25) is 0 Å². The van der Waals surface area contributed by atoms with Crippen LogP contribution in [0.3, 0.4) is 0 Å². The van der Waals surface area contributed by atoms with Gasteiger partial charge in [-0.15, -0.1) is 0 Å². The van der Waals surface area contributed by atoms with E-state index in [1.807, 2.05) is 97.1 Å². The minimum atomic E-state index is -0.310. The first-order chi connectivity index (χ1) is 19.0. The van der Waals surface area contributed by atoms with Gasteiger partial charge in [-0.25, -0.2) is 5.01 Å². The van der Waals surface area contributed by atoms with Crippen LogP contribution in [0.25, 0.3) is 22.0 Å². The molecule has 0 aliphatic carbocycles. The standard InChI is InChI=1S/C31H22Cl2N4OS/c32-20-15-16-25-23(17-20)28(19-9-3-1-4-10-19)29(30(38)35-25)26-18-27(22-13-7-8-14-24(22)33)37(36-26)31(39)34-21-11-5-2-6-12-21/h1-17,27H,18H2,(H,34,39)(H,35,38)/t27-/m1/s1. The van der Waals surface area contributed by atoms with Gasteiger partial charge in [0.05, 0.1) is 17.3 Å². The molecule has 4 aromatic carbocycles. The Morgan fingerprint density at radius 1 is 0.897 bits per heavy atom. The highest BCUT2D eigenvalue weighted by molar-refractivity contribution is 7.80. The van der Waals surface area contributed by atoms with Crippen LogP contribution in [0.5, 0.6) is 0 Å². The maximum atomic E-state index is 13.7. The number of nitrogens with zero attached hydrogens (tertiary/aromatic N) is 2. The number of para-hydroxylation sites is 1. The van der Waals surface area contributed by atoms with E-state index in [0.717, 1.165) is 27.8 Å². The summed E-state index contributed by atoms with van der Waals surface area (Å²) in [6, 6.07) is 32.3. The number of hydrazone groups is 1. The van der Waals surface area contributed by atoms with E-state index in [0.29, 0.717) is 38.4 Å². The number of thiocarbonyl (C=S) groups is 1. The first-order valence-electron chi connectivity index (χ1n) is 12.4. The van der Waals surface area contributed by atoms with Crippen molar-refractivity contribution >= 4 is 62.8 Å². The molecule has 192 valence electrons. The van der Waals surface area contributed by atoms with Crippen molar-refractivity contribution < 1.29 is 0 Å². The molecule has 1 atom stereocenters. The fourth-order valence-electron chi connectivity index (χ4n) is 4.98. The summed E-state index contributed by atoms with van der Waals surface area (Å²) in [7, 11) is 0. The van der Waals surface area contributed by atoms with E-state index in [1.54, 1.807) is 11.1 Å². The summed E-state index contributed by atoms with van der Waals surface area (Å²) in [5.74, 6) is 0. The molecule has 0 radical (unpaired) electrons. The van der Waals surface area contributed by atoms with Crippen LogP contribution >= 0.6 is 35.4 Å². The molecule has 1 aromatic heterocycles. The second kappa shape index (κ2) is 10.7. The van der Waals surface area contributed by atoms with Gasteiger partial charge in [-0.1, -0.05) is 89.9 Å². The molecule has 5 aromatic rings. The third-order valence-electron chi connectivity index (χ3n) is 6.73. The molecule has 0 amide bonds. The zero-order valence-corrected chi connectivity index (χ0v) is 22.9. The van der Waals surface area contributed by atoms with Crippen molar-refractivity contribution in [1.29, 1.82) is 0 Å². The van der Waals surface area contributed by atoms with Gasteiger partial charge in [0, 0.05) is 38.6 Å². The fraction of sp³-hybridized carbons (Fsp3) is 0.0645. The normalized spacial score (nSPS) is 14.9. The predicted octanol–water partition coefficient (Wildman–Crippen LogP) is 8.05. The summed E-state index contributed by atoms with van der Waals surface area (Å²) in [5, 5.41) is 12.4. The Morgan fingerprint density at radius 3 is 2.33 bits per heavy atom. The lowest BCUT2D eigenvalue weighted by molar-refractivity contribution is 0.375. The molecule has 0 saturated heterocycles. The van der Waals surface area contributed by atoms with Gasteiger partial charge in [0.25, 0.3) is 5.56 Å². The van der Waals surface area contributed by atoms with Gasteiger partial charge >= 0.3 is 0 Å². The highest BCUT2D eigenvalue weighted by Gasteiger charge is 2.35. The van der Waals surface area contributed by atoms with E-state index in [4.69, 9.17) is 40.5 Å². The summed E-state index contributed by atoms with van der Waals surface area (Å²) in [6.45, 7) is 0. The SMILES string of the molecule is O=c1[nH]c2ccc(Cl)cc2c(-c2ccccc2)c1C1=NN(C(=S)Nc2ccccc2)[C@@H](c2ccccc2Cl)C1. The van der Waals surface area contributed by atoms with Crippen molar-refractivity contribution in [2.24, 2.45) is 5.10 Å². The Hall–Kier alpha value is -3.97. The van der Waals surface area contributed by atoms with Gasteiger partial charge in [-0.3, -0.25) is 4.79 Å². The van der Waals surface area contributed by atoms with Gasteiger partial charge in [0.1, 0.15) is 0 Å². The van der Waals surface area contributed by atoms with E-state index in [2.05, 4.69) is 10.3 Å². The maximum Gasteiger partial charge on any atom is 0.258 e. The number of H-pyrrole nitrogens is 1. The van der Waals surface area contributed by atoms with Crippen LogP contribution in [0.1, 0.15) is 23.6 Å². The molecule has 8 heteroatoms. The lowest BCUT2D eigenvalue weighted by Gasteiger charge is -2.25. The Bertz CT molecular complexity index is 1790. The van der Waals surface area contributed by atoms with Crippen molar-refractivity contribution in [3.63, 3.8) is 0 Å². The second-order valence-corrected chi connectivity index (χ2v) is 10.4. The Balaban J connectivity index is 1.54. The lowest BCUT2D eigenvalue weighted by Crippen LogP contribution is -2.31. The van der Waals surface area contributed by atoms with Gasteiger partial charge in [0.15, 0.2) is 5.11 Å². The number of halogens is 2. The van der Waals surface area contributed by atoms with E-state index in [1.165, 1.54) is 0 Å². The monoisotopic (exact) mass is 568 g/mol. The molecule has 0 bridgehead atoms. The zero-order chi connectivity index (χ0) is 26.9. The quantitative estimate of drug-likeness (QED) is 0.215. The maximum absolute atomic E-state index is 13.7. The number of aromatic nitrogens is 1. The van der Waals surface area contributed by atoms with E-state index in [-0.39, 0.29) is 11.6 Å². The molecule has 0 spiro atoms. The van der Waals surface area contributed by atoms with Gasteiger partial charge in [-0.2, -0.15) is 5.10 Å². The van der Waals surface area contributed by atoms with Gasteiger partial charge < -0.3 is 10.3 Å². The molecule has 1 aliphatic rings. The highest BCUT2D eigenvalue weighted by Crippen LogP contribution is 2.39. The third-order valence-corrected chi connectivity index (χ3v) is 7.60. The molecule has 6 rings (SSSR count). The number of fused-ring (bicyclic) bond motifs is 1. The summed E-state index contributed by atoms with van der Waals surface area (Å²) in [5.41, 5.74) is 4.94. The number of hydrogen-bond acceptors (Lipinski definition) is 3. The van der Waals surface area contributed by atoms with E-state index < -0.39 is 0 Å². The Labute approximate surface area is 240 Å². The Morgan fingerprint density at radius 2 is 1.59 bits per heavy atom. The smallest absolute Gasteiger partial charge is 0.258 e. The first-order valence-corrected chi connectivity index (χ1v) is 13.5. The summed E-state index contributed by atoms with van der Waals surface area (Å²) < 4.78 is 0. The number of nitrogens with one attached hydrogen (secondary N) is 2. The number of hydrogen-bond donors (Lipinski definition) is 2. The van der Waals surface area contributed by atoms with E-state index in [9.17, 15) is 4.79 Å². The Kier molecular flexibility index (Phi) is 6.92. The van der Waals surface area contributed by atoms with Crippen LogP contribution in [0.4, 0.5) is 5.69 Å². The molecule has 5 nitrogen and oxygen atoms in total. The minimum Gasteiger partial charge on any atom is -0.331 e. The van der Waals surface area contributed by atoms with E-state index >= 15 is 0 Å². The molecule has 2 N–H and O–H groups in total. The molecular weight excluding hydrogens is 547 g/mol. The second-order valence-electron chi connectivity index (χ2n) is 9.19. The summed E-state index contributed by atoms with van der Waals surface area (Å²) in [4.78, 5) is 16.7. The van der Waals surface area contributed by atoms with Crippen LogP contribution in [0.2, 0.25) is 10.0 Å². The van der Waals surface area contributed by atoms with Crippen molar-refractivity contribution in [3.05, 3.63) is 135 Å². The molecule has 1 aliphatic heterocycles. The predicted molar refractivity (Wildman–Crippen MR) is 165 cm³/mol. The number of rotatable bonds is 4. The van der Waals surface area contributed by atoms with Crippen LogP contribution in [-0.4, -0.2) is 20.8 Å². The molecule has 0 unspecified atom stereocenters. The third kappa shape index (κ3) is 4.94. The molecular formula is C31H22Cl2N4OS. The summed E-state index contributed by atoms with van der Waals surface area (Å²) >= 11 is 18.9. The molecule has 0 saturated carbocycles. The van der Waals surface area contributed by atoms with Crippen molar-refractivity contribution in [2.75, 3.05) is 5.32 Å². The van der Waals surface area contributed by atoms with Gasteiger partial charge in [-0.05, 0) is 59.7 Å². The summed E-state index contributed by atoms with van der Waals surface area (Å²) in [6.07, 6.45) is 0.426. The van der Waals surface area contributed by atoms with Crippen molar-refractivity contribution in [3.8, 4) is 11.1 Å². The average Bonchev–Trinajstić information content (AvgIpc) is 3.39. The fourth-order valence-corrected chi connectivity index (χ4v) is 5.70. The highest BCUT2D eigenvalue weighted by atomic mass is 35.5. The first kappa shape index (κ1) is 25.3. The number of aromatic amines is 1. The van der Waals surface area contributed by atoms with Crippen LogP contribution in [0.15, 0.2) is 113 Å². The van der Waals surface area contributed by atoms with Crippen molar-refractivity contribution in [1.82, 2.24) is 9.99 Å². The minimum absolute atomic E-state index is 0.232. The number of benzene rings is 4. The lowest BCUT2D eigenvalue weighted by atomic mass is 9.91. The zero-order valence-electron chi connectivity index (χ0n) is 20.6. The largest absolute Gasteiger partial charge is 0.331 e. The molecule has 0 fully saturated rings. The molecule has 2 heterocycles. The van der Waals surface area contributed by atoms with Crippen molar-refractivity contribution in [2.45, 2.75) is 12.5 Å². The van der Waals surface area contributed by atoms with Crippen LogP contribution < -0.4 is 10.9 Å². The number of anilines is 1.